The molecule has 0 aromatic heterocycles. The largest absolute Gasteiger partial charge is 0.314 e. The van der Waals surface area contributed by atoms with Crippen LogP contribution in [0.5, 0.6) is 0 Å². The van der Waals surface area contributed by atoms with Crippen LogP contribution in [-0.2, 0) is 0 Å². The van der Waals surface area contributed by atoms with Gasteiger partial charge < -0.3 is 5.32 Å². The van der Waals surface area contributed by atoms with Crippen molar-refractivity contribution in [1.29, 1.82) is 0 Å². The van der Waals surface area contributed by atoms with E-state index in [2.05, 4.69) is 58.3 Å². The standard InChI is InChI=1S/C12H17BrN2/c1-9-5-10(7-11(13)6-9)12-8-14-3-4-15(12)2/h5-7,12,14H,3-4,8H2,1-2H3. The lowest BCUT2D eigenvalue weighted by Crippen LogP contribution is -2.43. The monoisotopic (exact) mass is 268 g/mol. The molecule has 1 aromatic carbocycles. The fraction of sp³-hybridized carbons (Fsp3) is 0.500. The maximum absolute atomic E-state index is 3.56. The number of hydrogen-bond acceptors (Lipinski definition) is 2. The van der Waals surface area contributed by atoms with Crippen LogP contribution < -0.4 is 5.32 Å². The fourth-order valence-electron chi connectivity index (χ4n) is 2.14. The molecule has 1 aliphatic rings. The lowest BCUT2D eigenvalue weighted by molar-refractivity contribution is 0.202. The van der Waals surface area contributed by atoms with Crippen LogP contribution in [0.15, 0.2) is 22.7 Å². The van der Waals surface area contributed by atoms with Crippen LogP contribution in [-0.4, -0.2) is 31.6 Å². The van der Waals surface area contributed by atoms with Crippen molar-refractivity contribution in [2.45, 2.75) is 13.0 Å². The minimum absolute atomic E-state index is 0.509. The SMILES string of the molecule is Cc1cc(Br)cc(C2CNCCN2C)c1. The van der Waals surface area contributed by atoms with E-state index in [4.69, 9.17) is 0 Å². The molecule has 1 aromatic rings. The van der Waals surface area contributed by atoms with Gasteiger partial charge in [0.15, 0.2) is 0 Å². The van der Waals surface area contributed by atoms with Crippen molar-refractivity contribution in [1.82, 2.24) is 10.2 Å². The third kappa shape index (κ3) is 2.60. The van der Waals surface area contributed by atoms with Crippen LogP contribution in [0.3, 0.4) is 0 Å². The van der Waals surface area contributed by atoms with Crippen LogP contribution >= 0.6 is 15.9 Å². The highest BCUT2D eigenvalue weighted by molar-refractivity contribution is 9.10. The van der Waals surface area contributed by atoms with E-state index in [0.717, 1.165) is 19.6 Å². The summed E-state index contributed by atoms with van der Waals surface area (Å²) in [5.41, 5.74) is 2.72. The molecular weight excluding hydrogens is 252 g/mol. The quantitative estimate of drug-likeness (QED) is 0.841. The predicted octanol–water partition coefficient (Wildman–Crippen LogP) is 2.33. The lowest BCUT2D eigenvalue weighted by atomic mass is 10.0. The number of rotatable bonds is 1. The van der Waals surface area contributed by atoms with Gasteiger partial charge in [-0.05, 0) is 37.2 Å². The van der Waals surface area contributed by atoms with E-state index in [1.165, 1.54) is 15.6 Å². The summed E-state index contributed by atoms with van der Waals surface area (Å²) in [6.07, 6.45) is 0. The predicted molar refractivity (Wildman–Crippen MR) is 67.1 cm³/mol. The van der Waals surface area contributed by atoms with E-state index in [0.29, 0.717) is 6.04 Å². The lowest BCUT2D eigenvalue weighted by Gasteiger charge is -2.33. The molecule has 15 heavy (non-hydrogen) atoms. The summed E-state index contributed by atoms with van der Waals surface area (Å²) in [7, 11) is 2.20. The summed E-state index contributed by atoms with van der Waals surface area (Å²) >= 11 is 3.56. The minimum Gasteiger partial charge on any atom is -0.314 e. The third-order valence-electron chi connectivity index (χ3n) is 2.96. The average Bonchev–Trinajstić information content (AvgIpc) is 2.16. The number of halogens is 1. The summed E-state index contributed by atoms with van der Waals surface area (Å²) in [5.74, 6) is 0. The van der Waals surface area contributed by atoms with E-state index in [-0.39, 0.29) is 0 Å². The van der Waals surface area contributed by atoms with Gasteiger partial charge >= 0.3 is 0 Å². The van der Waals surface area contributed by atoms with Crippen molar-refractivity contribution >= 4 is 15.9 Å². The molecule has 1 N–H and O–H groups in total. The Kier molecular flexibility index (Phi) is 3.44. The van der Waals surface area contributed by atoms with Crippen LogP contribution in [0.2, 0.25) is 0 Å². The van der Waals surface area contributed by atoms with Crippen LogP contribution in [0.25, 0.3) is 0 Å². The Bertz CT molecular complexity index is 331. The van der Waals surface area contributed by atoms with Crippen LogP contribution in [0, 0.1) is 6.92 Å². The molecule has 0 radical (unpaired) electrons. The van der Waals surface area contributed by atoms with E-state index >= 15 is 0 Å². The maximum Gasteiger partial charge on any atom is 0.0470 e. The number of nitrogens with zero attached hydrogens (tertiary/aromatic N) is 1. The van der Waals surface area contributed by atoms with Gasteiger partial charge in [-0.15, -0.1) is 0 Å². The van der Waals surface area contributed by atoms with E-state index in [1.54, 1.807) is 0 Å². The summed E-state index contributed by atoms with van der Waals surface area (Å²) in [6.45, 7) is 5.41. The number of hydrogen-bond donors (Lipinski definition) is 1. The molecule has 1 fully saturated rings. The molecule has 0 spiro atoms. The molecule has 1 unspecified atom stereocenters. The Morgan fingerprint density at radius 2 is 2.20 bits per heavy atom. The highest BCUT2D eigenvalue weighted by Crippen LogP contribution is 2.25. The Morgan fingerprint density at radius 1 is 1.40 bits per heavy atom. The van der Waals surface area contributed by atoms with Gasteiger partial charge in [0, 0.05) is 30.1 Å². The van der Waals surface area contributed by atoms with Gasteiger partial charge in [-0.1, -0.05) is 22.0 Å². The number of likely N-dealkylation sites (N-methyl/N-ethyl adjacent to an activating group) is 1. The van der Waals surface area contributed by atoms with Gasteiger partial charge in [0.1, 0.15) is 0 Å². The second kappa shape index (κ2) is 4.64. The zero-order valence-corrected chi connectivity index (χ0v) is 10.8. The van der Waals surface area contributed by atoms with E-state index in [1.807, 2.05) is 0 Å². The molecule has 0 bridgehead atoms. The first-order valence-electron chi connectivity index (χ1n) is 5.35. The highest BCUT2D eigenvalue weighted by atomic mass is 79.9. The molecular formula is C12H17BrN2. The number of nitrogens with one attached hydrogen (secondary N) is 1. The van der Waals surface area contributed by atoms with Gasteiger partial charge in [-0.3, -0.25) is 4.90 Å². The smallest absolute Gasteiger partial charge is 0.0470 e. The molecule has 1 saturated heterocycles. The summed E-state index contributed by atoms with van der Waals surface area (Å²) in [4.78, 5) is 2.41. The van der Waals surface area contributed by atoms with Crippen molar-refractivity contribution < 1.29 is 0 Å². The number of piperazine rings is 1. The maximum atomic E-state index is 3.56. The van der Waals surface area contributed by atoms with Crippen molar-refractivity contribution in [3.05, 3.63) is 33.8 Å². The minimum atomic E-state index is 0.509. The van der Waals surface area contributed by atoms with Crippen molar-refractivity contribution in [2.75, 3.05) is 26.7 Å². The van der Waals surface area contributed by atoms with Gasteiger partial charge in [0.2, 0.25) is 0 Å². The van der Waals surface area contributed by atoms with E-state index in [9.17, 15) is 0 Å². The van der Waals surface area contributed by atoms with Crippen LogP contribution in [0.4, 0.5) is 0 Å². The first-order valence-corrected chi connectivity index (χ1v) is 6.14. The average molecular weight is 269 g/mol. The zero-order valence-electron chi connectivity index (χ0n) is 9.26. The highest BCUT2D eigenvalue weighted by Gasteiger charge is 2.20. The Balaban J connectivity index is 2.27. The molecule has 1 heterocycles. The van der Waals surface area contributed by atoms with Gasteiger partial charge in [0.25, 0.3) is 0 Å². The molecule has 82 valence electrons. The molecule has 1 aliphatic heterocycles. The Morgan fingerprint density at radius 3 is 2.87 bits per heavy atom. The van der Waals surface area contributed by atoms with Gasteiger partial charge in [-0.2, -0.15) is 0 Å². The zero-order chi connectivity index (χ0) is 10.8. The fourth-order valence-corrected chi connectivity index (χ4v) is 2.76. The summed E-state index contributed by atoms with van der Waals surface area (Å²) in [5, 5.41) is 3.45. The molecule has 0 saturated carbocycles. The number of aryl methyl sites for hydroxylation is 1. The molecule has 2 nitrogen and oxygen atoms in total. The molecule has 3 heteroatoms. The number of benzene rings is 1. The summed E-state index contributed by atoms with van der Waals surface area (Å²) in [6, 6.07) is 7.16. The van der Waals surface area contributed by atoms with E-state index < -0.39 is 0 Å². The first kappa shape index (κ1) is 11.1. The van der Waals surface area contributed by atoms with Crippen molar-refractivity contribution in [3.8, 4) is 0 Å². The molecule has 2 rings (SSSR count). The van der Waals surface area contributed by atoms with Crippen molar-refractivity contribution in [2.24, 2.45) is 0 Å². The second-order valence-corrected chi connectivity index (χ2v) is 5.18. The topological polar surface area (TPSA) is 15.3 Å². The molecule has 1 atom stereocenters. The molecule has 0 aliphatic carbocycles. The molecule has 0 amide bonds. The summed E-state index contributed by atoms with van der Waals surface area (Å²) < 4.78 is 1.18. The normalized spacial score (nSPS) is 23.0. The van der Waals surface area contributed by atoms with Gasteiger partial charge in [0.05, 0.1) is 0 Å². The van der Waals surface area contributed by atoms with Crippen LogP contribution in [0.1, 0.15) is 17.2 Å². The Hall–Kier alpha value is -0.380. The first-order chi connectivity index (χ1) is 7.16. The Labute approximate surface area is 99.8 Å². The van der Waals surface area contributed by atoms with Crippen molar-refractivity contribution in [3.63, 3.8) is 0 Å². The third-order valence-corrected chi connectivity index (χ3v) is 3.42. The second-order valence-electron chi connectivity index (χ2n) is 4.26. The van der Waals surface area contributed by atoms with Gasteiger partial charge in [-0.25, -0.2) is 0 Å².